The minimum Gasteiger partial charge on any atom is -0.338 e. The SMILES string of the molecule is Fc1cc(=S)c(-c2ccccc2)c[nH]1. The lowest BCUT2D eigenvalue weighted by atomic mass is 10.1. The van der Waals surface area contributed by atoms with Crippen molar-refractivity contribution in [2.45, 2.75) is 0 Å². The molecule has 0 radical (unpaired) electrons. The average molecular weight is 205 g/mol. The van der Waals surface area contributed by atoms with Crippen molar-refractivity contribution in [1.82, 2.24) is 4.98 Å². The molecule has 70 valence electrons. The van der Waals surface area contributed by atoms with Crippen LogP contribution >= 0.6 is 12.2 Å². The van der Waals surface area contributed by atoms with Gasteiger partial charge in [0.15, 0.2) is 5.95 Å². The van der Waals surface area contributed by atoms with Gasteiger partial charge in [-0.05, 0) is 5.56 Å². The molecule has 0 amide bonds. The van der Waals surface area contributed by atoms with Crippen LogP contribution in [0.3, 0.4) is 0 Å². The molecule has 1 N–H and O–H groups in total. The Morgan fingerprint density at radius 1 is 1.14 bits per heavy atom. The maximum Gasteiger partial charge on any atom is 0.192 e. The Labute approximate surface area is 86.2 Å². The second-order valence-electron chi connectivity index (χ2n) is 2.92. The van der Waals surface area contributed by atoms with Gasteiger partial charge in [-0.25, -0.2) is 0 Å². The highest BCUT2D eigenvalue weighted by molar-refractivity contribution is 7.71. The third kappa shape index (κ3) is 1.72. The van der Waals surface area contributed by atoms with Gasteiger partial charge in [-0.15, -0.1) is 0 Å². The Bertz CT molecular complexity index is 490. The van der Waals surface area contributed by atoms with Crippen molar-refractivity contribution >= 4 is 12.2 Å². The zero-order chi connectivity index (χ0) is 9.97. The molecule has 1 aromatic heterocycles. The summed E-state index contributed by atoms with van der Waals surface area (Å²) in [4.78, 5) is 2.51. The molecular formula is C11H8FNS. The van der Waals surface area contributed by atoms with Gasteiger partial charge >= 0.3 is 0 Å². The highest BCUT2D eigenvalue weighted by Gasteiger charge is 1.99. The number of aromatic amines is 1. The van der Waals surface area contributed by atoms with Gasteiger partial charge < -0.3 is 4.98 Å². The van der Waals surface area contributed by atoms with Gasteiger partial charge in [0, 0.05) is 17.8 Å². The van der Waals surface area contributed by atoms with E-state index in [2.05, 4.69) is 4.98 Å². The molecule has 1 heterocycles. The zero-order valence-corrected chi connectivity index (χ0v) is 8.14. The predicted octanol–water partition coefficient (Wildman–Crippen LogP) is 3.55. The van der Waals surface area contributed by atoms with E-state index in [4.69, 9.17) is 12.2 Å². The van der Waals surface area contributed by atoms with E-state index < -0.39 is 5.95 Å². The molecule has 14 heavy (non-hydrogen) atoms. The summed E-state index contributed by atoms with van der Waals surface area (Å²) in [5, 5.41) is 0. The van der Waals surface area contributed by atoms with Crippen LogP contribution in [0.25, 0.3) is 11.1 Å². The standard InChI is InChI=1S/C11H8FNS/c12-11-6-10(14)9(7-13-11)8-4-2-1-3-5-8/h1-7H,(H,13,14). The number of hydrogen-bond donors (Lipinski definition) is 1. The van der Waals surface area contributed by atoms with Crippen molar-refractivity contribution in [3.63, 3.8) is 0 Å². The fourth-order valence-corrected chi connectivity index (χ4v) is 1.57. The van der Waals surface area contributed by atoms with Crippen LogP contribution in [0.15, 0.2) is 42.6 Å². The normalized spacial score (nSPS) is 10.1. The van der Waals surface area contributed by atoms with Crippen molar-refractivity contribution in [3.8, 4) is 11.1 Å². The van der Waals surface area contributed by atoms with E-state index in [0.29, 0.717) is 4.51 Å². The van der Waals surface area contributed by atoms with Gasteiger partial charge in [0.05, 0.1) is 4.51 Å². The van der Waals surface area contributed by atoms with Gasteiger partial charge in [-0.1, -0.05) is 42.5 Å². The van der Waals surface area contributed by atoms with E-state index in [0.717, 1.165) is 11.1 Å². The summed E-state index contributed by atoms with van der Waals surface area (Å²) in [6.45, 7) is 0. The van der Waals surface area contributed by atoms with Crippen molar-refractivity contribution in [2.24, 2.45) is 0 Å². The first-order valence-corrected chi connectivity index (χ1v) is 4.62. The number of benzene rings is 1. The molecule has 0 atom stereocenters. The maximum atomic E-state index is 12.7. The van der Waals surface area contributed by atoms with Crippen molar-refractivity contribution in [1.29, 1.82) is 0 Å². The average Bonchev–Trinajstić information content (AvgIpc) is 2.19. The first-order valence-electron chi connectivity index (χ1n) is 4.21. The lowest BCUT2D eigenvalue weighted by molar-refractivity contribution is 0.583. The molecule has 0 aliphatic heterocycles. The second kappa shape index (κ2) is 3.72. The summed E-state index contributed by atoms with van der Waals surface area (Å²) in [6.07, 6.45) is 1.59. The number of aromatic nitrogens is 1. The fourth-order valence-electron chi connectivity index (χ4n) is 1.29. The second-order valence-corrected chi connectivity index (χ2v) is 3.36. The van der Waals surface area contributed by atoms with Crippen LogP contribution in [-0.2, 0) is 0 Å². The van der Waals surface area contributed by atoms with E-state index in [9.17, 15) is 4.39 Å². The Morgan fingerprint density at radius 2 is 1.86 bits per heavy atom. The fraction of sp³-hybridized carbons (Fsp3) is 0. The van der Waals surface area contributed by atoms with E-state index in [1.165, 1.54) is 6.07 Å². The van der Waals surface area contributed by atoms with Gasteiger partial charge in [0.1, 0.15) is 0 Å². The molecule has 0 saturated carbocycles. The third-order valence-corrected chi connectivity index (χ3v) is 2.30. The summed E-state index contributed by atoms with van der Waals surface area (Å²) < 4.78 is 13.3. The lowest BCUT2D eigenvalue weighted by Crippen LogP contribution is -1.85. The molecule has 1 aromatic carbocycles. The Balaban J connectivity index is 2.59. The van der Waals surface area contributed by atoms with E-state index in [1.54, 1.807) is 6.20 Å². The molecule has 0 aliphatic carbocycles. The minimum atomic E-state index is -0.408. The molecule has 2 rings (SSSR count). The van der Waals surface area contributed by atoms with Crippen molar-refractivity contribution in [2.75, 3.05) is 0 Å². The minimum absolute atomic E-state index is 0.408. The van der Waals surface area contributed by atoms with Crippen molar-refractivity contribution in [3.05, 3.63) is 53.1 Å². The Morgan fingerprint density at radius 3 is 2.50 bits per heavy atom. The smallest absolute Gasteiger partial charge is 0.192 e. The molecule has 0 saturated heterocycles. The maximum absolute atomic E-state index is 12.7. The monoisotopic (exact) mass is 205 g/mol. The quantitative estimate of drug-likeness (QED) is 0.556. The number of pyridine rings is 1. The van der Waals surface area contributed by atoms with Gasteiger partial charge in [0.25, 0.3) is 0 Å². The van der Waals surface area contributed by atoms with Crippen molar-refractivity contribution < 1.29 is 4.39 Å². The molecular weight excluding hydrogens is 197 g/mol. The first-order chi connectivity index (χ1) is 6.77. The summed E-state index contributed by atoms with van der Waals surface area (Å²) in [6, 6.07) is 11.0. The van der Waals surface area contributed by atoms with Crippen LogP contribution < -0.4 is 0 Å². The van der Waals surface area contributed by atoms with Crippen LogP contribution in [0.2, 0.25) is 0 Å². The molecule has 0 fully saturated rings. The van der Waals surface area contributed by atoms with Crippen LogP contribution in [0.1, 0.15) is 0 Å². The summed E-state index contributed by atoms with van der Waals surface area (Å²) in [7, 11) is 0. The molecule has 0 bridgehead atoms. The highest BCUT2D eigenvalue weighted by atomic mass is 32.1. The number of H-pyrrole nitrogens is 1. The Hall–Kier alpha value is -1.48. The van der Waals surface area contributed by atoms with Gasteiger partial charge in [-0.2, -0.15) is 4.39 Å². The number of halogens is 1. The van der Waals surface area contributed by atoms with Gasteiger partial charge in [-0.3, -0.25) is 0 Å². The highest BCUT2D eigenvalue weighted by Crippen LogP contribution is 2.19. The van der Waals surface area contributed by atoms with E-state index in [1.807, 2.05) is 30.3 Å². The van der Waals surface area contributed by atoms with Crippen LogP contribution in [-0.4, -0.2) is 4.98 Å². The summed E-state index contributed by atoms with van der Waals surface area (Å²) in [5.74, 6) is -0.408. The Kier molecular flexibility index (Phi) is 2.41. The number of hydrogen-bond acceptors (Lipinski definition) is 1. The predicted molar refractivity (Wildman–Crippen MR) is 57.0 cm³/mol. The molecule has 0 aliphatic rings. The summed E-state index contributed by atoms with van der Waals surface area (Å²) >= 11 is 5.06. The van der Waals surface area contributed by atoms with E-state index >= 15 is 0 Å². The first kappa shape index (κ1) is 9.09. The number of rotatable bonds is 1. The van der Waals surface area contributed by atoms with Crippen LogP contribution in [0, 0.1) is 10.5 Å². The molecule has 3 heteroatoms. The lowest BCUT2D eigenvalue weighted by Gasteiger charge is -2.00. The molecule has 1 nitrogen and oxygen atoms in total. The van der Waals surface area contributed by atoms with Crippen LogP contribution in [0.5, 0.6) is 0 Å². The van der Waals surface area contributed by atoms with Gasteiger partial charge in [0.2, 0.25) is 0 Å². The zero-order valence-electron chi connectivity index (χ0n) is 7.33. The summed E-state index contributed by atoms with van der Waals surface area (Å²) in [5.41, 5.74) is 1.84. The molecule has 0 spiro atoms. The van der Waals surface area contributed by atoms with Crippen LogP contribution in [0.4, 0.5) is 4.39 Å². The molecule has 2 aromatic rings. The largest absolute Gasteiger partial charge is 0.338 e. The topological polar surface area (TPSA) is 15.8 Å². The van der Waals surface area contributed by atoms with E-state index in [-0.39, 0.29) is 0 Å². The third-order valence-electron chi connectivity index (χ3n) is 1.96. The number of nitrogens with one attached hydrogen (secondary N) is 1. The molecule has 0 unspecified atom stereocenters.